The van der Waals surface area contributed by atoms with Gasteiger partial charge in [0.15, 0.2) is 0 Å². The number of esters is 1. The van der Waals surface area contributed by atoms with Gasteiger partial charge in [-0.1, -0.05) is 60.7 Å². The van der Waals surface area contributed by atoms with E-state index in [1.807, 2.05) is 54.6 Å². The fourth-order valence-electron chi connectivity index (χ4n) is 3.67. The number of piperidine rings is 1. The van der Waals surface area contributed by atoms with E-state index in [1.54, 1.807) is 12.1 Å². The maximum absolute atomic E-state index is 13.0. The minimum absolute atomic E-state index is 0.0229. The molecule has 1 saturated heterocycles. The van der Waals surface area contributed by atoms with Gasteiger partial charge in [-0.25, -0.2) is 4.79 Å². The lowest BCUT2D eigenvalue weighted by molar-refractivity contribution is -0.0380. The van der Waals surface area contributed by atoms with Crippen LogP contribution in [0, 0.1) is 0 Å². The second-order valence-corrected chi connectivity index (χ2v) is 6.68. The highest BCUT2D eigenvalue weighted by Gasteiger charge is 2.38. The molecule has 1 fully saturated rings. The number of hydrogen-bond donors (Lipinski definition) is 2. The van der Waals surface area contributed by atoms with Gasteiger partial charge in [-0.15, -0.1) is 0 Å². The van der Waals surface area contributed by atoms with Crippen LogP contribution >= 0.6 is 0 Å². The van der Waals surface area contributed by atoms with Crippen LogP contribution in [0.4, 0.5) is 0 Å². The van der Waals surface area contributed by atoms with Crippen molar-refractivity contribution in [2.75, 3.05) is 13.1 Å². The summed E-state index contributed by atoms with van der Waals surface area (Å²) in [6.45, 7) is 1.57. The molecule has 3 aromatic carbocycles. The molecule has 0 unspecified atom stereocenters. The standard InChI is InChI=1S/C22H21NO3/c24-20-18-9-5-4-6-16(18)10-11-19(20)21(25)26-22(12-14-23-15-13-22)17-7-2-1-3-8-17/h1-11,23-24H,12-15H2. The van der Waals surface area contributed by atoms with Crippen molar-refractivity contribution in [1.29, 1.82) is 0 Å². The van der Waals surface area contributed by atoms with E-state index in [0.717, 1.165) is 24.0 Å². The van der Waals surface area contributed by atoms with Crippen molar-refractivity contribution in [1.82, 2.24) is 5.32 Å². The molecule has 0 amide bonds. The van der Waals surface area contributed by atoms with Crippen LogP contribution in [0.25, 0.3) is 10.8 Å². The molecule has 0 saturated carbocycles. The molecule has 0 aliphatic carbocycles. The van der Waals surface area contributed by atoms with E-state index in [0.29, 0.717) is 18.2 Å². The lowest BCUT2D eigenvalue weighted by Gasteiger charge is -2.37. The first-order chi connectivity index (χ1) is 12.7. The Bertz CT molecular complexity index is 931. The summed E-state index contributed by atoms with van der Waals surface area (Å²) in [6, 6.07) is 20.8. The van der Waals surface area contributed by atoms with Crippen LogP contribution in [0.15, 0.2) is 66.7 Å². The number of phenols is 1. The number of rotatable bonds is 3. The highest BCUT2D eigenvalue weighted by atomic mass is 16.6. The first-order valence-corrected chi connectivity index (χ1v) is 8.90. The molecular weight excluding hydrogens is 326 g/mol. The summed E-state index contributed by atoms with van der Waals surface area (Å²) in [4.78, 5) is 13.0. The van der Waals surface area contributed by atoms with Gasteiger partial charge in [-0.3, -0.25) is 0 Å². The van der Waals surface area contributed by atoms with Gasteiger partial charge < -0.3 is 15.2 Å². The number of carbonyl (C=O) groups excluding carboxylic acids is 1. The highest BCUT2D eigenvalue weighted by Crippen LogP contribution is 2.37. The summed E-state index contributed by atoms with van der Waals surface area (Å²) in [6.07, 6.45) is 1.41. The van der Waals surface area contributed by atoms with Gasteiger partial charge >= 0.3 is 5.97 Å². The van der Waals surface area contributed by atoms with Crippen LogP contribution in [0.5, 0.6) is 5.75 Å². The number of aromatic hydroxyl groups is 1. The normalized spacial score (nSPS) is 16.3. The first kappa shape index (κ1) is 16.6. The molecule has 0 spiro atoms. The number of phenolic OH excluding ortho intramolecular Hbond substituents is 1. The van der Waals surface area contributed by atoms with Gasteiger partial charge in [0.05, 0.1) is 0 Å². The lowest BCUT2D eigenvalue weighted by Crippen LogP contribution is -2.43. The van der Waals surface area contributed by atoms with Crippen LogP contribution < -0.4 is 5.32 Å². The molecule has 4 heteroatoms. The largest absolute Gasteiger partial charge is 0.506 e. The smallest absolute Gasteiger partial charge is 0.342 e. The topological polar surface area (TPSA) is 58.6 Å². The van der Waals surface area contributed by atoms with E-state index in [1.165, 1.54) is 0 Å². The third kappa shape index (κ3) is 2.93. The summed E-state index contributed by atoms with van der Waals surface area (Å²) < 4.78 is 6.04. The van der Waals surface area contributed by atoms with Crippen LogP contribution in [-0.4, -0.2) is 24.2 Å². The number of benzene rings is 3. The Labute approximate surface area is 152 Å². The molecule has 1 heterocycles. The number of carbonyl (C=O) groups is 1. The van der Waals surface area contributed by atoms with Crippen molar-refractivity contribution in [2.24, 2.45) is 0 Å². The number of nitrogens with one attached hydrogen (secondary N) is 1. The molecule has 0 radical (unpaired) electrons. The molecule has 1 aliphatic rings. The maximum Gasteiger partial charge on any atom is 0.342 e. The number of fused-ring (bicyclic) bond motifs is 1. The van der Waals surface area contributed by atoms with Crippen molar-refractivity contribution in [3.8, 4) is 5.75 Å². The lowest BCUT2D eigenvalue weighted by atomic mass is 9.84. The minimum atomic E-state index is -0.665. The summed E-state index contributed by atoms with van der Waals surface area (Å²) in [7, 11) is 0. The van der Waals surface area contributed by atoms with Gasteiger partial charge in [0, 0.05) is 18.2 Å². The molecule has 4 rings (SSSR count). The summed E-state index contributed by atoms with van der Waals surface area (Å²) >= 11 is 0. The van der Waals surface area contributed by atoms with Crippen LogP contribution in [0.2, 0.25) is 0 Å². The SMILES string of the molecule is O=C(OC1(c2ccccc2)CCNCC1)c1ccc2ccccc2c1O. The quantitative estimate of drug-likeness (QED) is 0.704. The van der Waals surface area contributed by atoms with Crippen LogP contribution in [-0.2, 0) is 10.3 Å². The van der Waals surface area contributed by atoms with E-state index < -0.39 is 11.6 Å². The average molecular weight is 347 g/mol. The van der Waals surface area contributed by atoms with E-state index in [-0.39, 0.29) is 11.3 Å². The van der Waals surface area contributed by atoms with Crippen molar-refractivity contribution in [3.05, 3.63) is 77.9 Å². The van der Waals surface area contributed by atoms with Gasteiger partial charge in [0.25, 0.3) is 0 Å². The molecule has 2 N–H and O–H groups in total. The predicted octanol–water partition coefficient (Wildman–Crippen LogP) is 3.98. The third-order valence-corrected chi connectivity index (χ3v) is 5.12. The molecule has 0 atom stereocenters. The second-order valence-electron chi connectivity index (χ2n) is 6.68. The zero-order valence-corrected chi connectivity index (χ0v) is 14.4. The molecule has 3 aromatic rings. The Balaban J connectivity index is 1.70. The fraction of sp³-hybridized carbons (Fsp3) is 0.227. The zero-order valence-electron chi connectivity index (χ0n) is 14.4. The monoisotopic (exact) mass is 347 g/mol. The van der Waals surface area contributed by atoms with E-state index in [9.17, 15) is 9.90 Å². The minimum Gasteiger partial charge on any atom is -0.506 e. The molecule has 132 valence electrons. The Hall–Kier alpha value is -2.85. The van der Waals surface area contributed by atoms with E-state index in [2.05, 4.69) is 5.32 Å². The molecular formula is C22H21NO3. The average Bonchev–Trinajstić information content (AvgIpc) is 2.70. The molecule has 0 aromatic heterocycles. The molecule has 4 nitrogen and oxygen atoms in total. The molecule has 26 heavy (non-hydrogen) atoms. The van der Waals surface area contributed by atoms with E-state index in [4.69, 9.17) is 4.74 Å². The second kappa shape index (κ2) is 6.81. The van der Waals surface area contributed by atoms with Crippen molar-refractivity contribution < 1.29 is 14.6 Å². The van der Waals surface area contributed by atoms with Gasteiger partial charge in [0.1, 0.15) is 16.9 Å². The molecule has 0 bridgehead atoms. The van der Waals surface area contributed by atoms with Gasteiger partial charge in [-0.05, 0) is 30.1 Å². The Morgan fingerprint density at radius 3 is 2.38 bits per heavy atom. The zero-order chi connectivity index (χ0) is 18.0. The Morgan fingerprint density at radius 1 is 0.923 bits per heavy atom. The molecule has 1 aliphatic heterocycles. The third-order valence-electron chi connectivity index (χ3n) is 5.12. The summed E-state index contributed by atoms with van der Waals surface area (Å²) in [5, 5.41) is 15.5. The van der Waals surface area contributed by atoms with E-state index >= 15 is 0 Å². The Kier molecular flexibility index (Phi) is 4.35. The van der Waals surface area contributed by atoms with Gasteiger partial charge in [0.2, 0.25) is 0 Å². The van der Waals surface area contributed by atoms with Crippen LogP contribution in [0.3, 0.4) is 0 Å². The van der Waals surface area contributed by atoms with Crippen molar-refractivity contribution >= 4 is 16.7 Å². The van der Waals surface area contributed by atoms with Crippen molar-refractivity contribution in [3.63, 3.8) is 0 Å². The fourth-order valence-corrected chi connectivity index (χ4v) is 3.67. The first-order valence-electron chi connectivity index (χ1n) is 8.90. The maximum atomic E-state index is 13.0. The van der Waals surface area contributed by atoms with Gasteiger partial charge in [-0.2, -0.15) is 0 Å². The summed E-state index contributed by atoms with van der Waals surface area (Å²) in [5.74, 6) is -0.510. The number of hydrogen-bond acceptors (Lipinski definition) is 4. The highest BCUT2D eigenvalue weighted by molar-refractivity contribution is 6.01. The van der Waals surface area contributed by atoms with Crippen LogP contribution in [0.1, 0.15) is 28.8 Å². The number of ether oxygens (including phenoxy) is 1. The Morgan fingerprint density at radius 2 is 1.62 bits per heavy atom. The van der Waals surface area contributed by atoms with Crippen molar-refractivity contribution in [2.45, 2.75) is 18.4 Å². The predicted molar refractivity (Wildman–Crippen MR) is 101 cm³/mol. The summed E-state index contributed by atoms with van der Waals surface area (Å²) in [5.41, 5.74) is 0.537.